The smallest absolute Gasteiger partial charge is 0.287 e. The Labute approximate surface area is 131 Å². The SMILES string of the molecule is CNC(=O)c1occ(C(N)=O)c1C(CO)c1cccc(Cl)c1. The Morgan fingerprint density at radius 2 is 2.18 bits per heavy atom. The Bertz CT molecular complexity index is 711. The second-order valence-corrected chi connectivity index (χ2v) is 5.06. The predicted octanol–water partition coefficient (Wildman–Crippen LogP) is 1.52. The Hall–Kier alpha value is -2.31. The van der Waals surface area contributed by atoms with Crippen LogP contribution in [0.25, 0.3) is 0 Å². The van der Waals surface area contributed by atoms with Crippen LogP contribution < -0.4 is 11.1 Å². The van der Waals surface area contributed by atoms with Crippen molar-refractivity contribution in [3.05, 3.63) is 58.0 Å². The van der Waals surface area contributed by atoms with Gasteiger partial charge in [-0.1, -0.05) is 23.7 Å². The van der Waals surface area contributed by atoms with E-state index in [1.165, 1.54) is 7.05 Å². The van der Waals surface area contributed by atoms with E-state index < -0.39 is 17.7 Å². The molecule has 0 radical (unpaired) electrons. The maximum Gasteiger partial charge on any atom is 0.287 e. The molecular weight excluding hydrogens is 308 g/mol. The summed E-state index contributed by atoms with van der Waals surface area (Å²) in [5, 5.41) is 12.7. The number of hydrogen-bond donors (Lipinski definition) is 3. The van der Waals surface area contributed by atoms with E-state index in [9.17, 15) is 14.7 Å². The van der Waals surface area contributed by atoms with Crippen molar-refractivity contribution in [1.82, 2.24) is 5.32 Å². The summed E-state index contributed by atoms with van der Waals surface area (Å²) < 4.78 is 5.19. The number of amides is 2. The van der Waals surface area contributed by atoms with E-state index in [0.717, 1.165) is 6.26 Å². The number of carbonyl (C=O) groups is 2. The highest BCUT2D eigenvalue weighted by Gasteiger charge is 2.29. The van der Waals surface area contributed by atoms with Gasteiger partial charge in [-0.2, -0.15) is 0 Å². The highest BCUT2D eigenvalue weighted by Crippen LogP contribution is 2.32. The summed E-state index contributed by atoms with van der Waals surface area (Å²) in [6.07, 6.45) is 1.12. The van der Waals surface area contributed by atoms with Crippen molar-refractivity contribution < 1.29 is 19.1 Å². The van der Waals surface area contributed by atoms with Crippen LogP contribution in [0.15, 0.2) is 34.9 Å². The summed E-state index contributed by atoms with van der Waals surface area (Å²) >= 11 is 5.96. The molecule has 4 N–H and O–H groups in total. The van der Waals surface area contributed by atoms with E-state index in [0.29, 0.717) is 10.6 Å². The van der Waals surface area contributed by atoms with Gasteiger partial charge < -0.3 is 20.6 Å². The molecule has 6 nitrogen and oxygen atoms in total. The molecule has 1 aromatic heterocycles. The summed E-state index contributed by atoms with van der Waals surface area (Å²) in [6.45, 7) is -0.343. The maximum absolute atomic E-state index is 11.9. The summed E-state index contributed by atoms with van der Waals surface area (Å²) in [5.41, 5.74) is 6.27. The van der Waals surface area contributed by atoms with Gasteiger partial charge in [-0.3, -0.25) is 9.59 Å². The van der Waals surface area contributed by atoms with Gasteiger partial charge in [0.15, 0.2) is 5.76 Å². The van der Waals surface area contributed by atoms with Crippen molar-refractivity contribution in [2.45, 2.75) is 5.92 Å². The lowest BCUT2D eigenvalue weighted by atomic mass is 9.89. The number of rotatable bonds is 5. The van der Waals surface area contributed by atoms with Crippen molar-refractivity contribution in [3.63, 3.8) is 0 Å². The normalized spacial score (nSPS) is 12.0. The number of benzene rings is 1. The minimum atomic E-state index is -0.741. The third kappa shape index (κ3) is 2.98. The van der Waals surface area contributed by atoms with Gasteiger partial charge in [0.1, 0.15) is 6.26 Å². The average molecular weight is 323 g/mol. The molecule has 0 saturated heterocycles. The molecular formula is C15H15ClN2O4. The van der Waals surface area contributed by atoms with Crippen LogP contribution in [0.3, 0.4) is 0 Å². The van der Waals surface area contributed by atoms with Crippen LogP contribution in [0.2, 0.25) is 5.02 Å². The molecule has 2 amide bonds. The van der Waals surface area contributed by atoms with E-state index in [2.05, 4.69) is 5.32 Å². The first-order chi connectivity index (χ1) is 10.5. The second kappa shape index (κ2) is 6.64. The van der Waals surface area contributed by atoms with Crippen LogP contribution in [0.1, 0.15) is 38.0 Å². The Kier molecular flexibility index (Phi) is 4.85. The molecule has 0 aliphatic heterocycles. The minimum Gasteiger partial charge on any atom is -0.458 e. The number of nitrogens with two attached hydrogens (primary N) is 1. The van der Waals surface area contributed by atoms with E-state index in [4.69, 9.17) is 21.8 Å². The van der Waals surface area contributed by atoms with Crippen LogP contribution in [0.5, 0.6) is 0 Å². The molecule has 0 fully saturated rings. The molecule has 22 heavy (non-hydrogen) atoms. The Balaban J connectivity index is 2.63. The molecule has 7 heteroatoms. The minimum absolute atomic E-state index is 0.0534. The van der Waals surface area contributed by atoms with Gasteiger partial charge in [-0.15, -0.1) is 0 Å². The standard InChI is InChI=1S/C15H15ClN2O4/c1-18-15(21)13-12(11(7-22-13)14(17)20)10(6-19)8-3-2-4-9(16)5-8/h2-5,7,10,19H,6H2,1H3,(H2,17,20)(H,18,21). The fourth-order valence-corrected chi connectivity index (χ4v) is 2.48. The van der Waals surface area contributed by atoms with E-state index in [1.54, 1.807) is 24.3 Å². The van der Waals surface area contributed by atoms with Gasteiger partial charge in [0, 0.05) is 23.6 Å². The highest BCUT2D eigenvalue weighted by molar-refractivity contribution is 6.30. The lowest BCUT2D eigenvalue weighted by molar-refractivity contribution is 0.0933. The molecule has 0 aliphatic carbocycles. The van der Waals surface area contributed by atoms with E-state index in [1.807, 2.05) is 0 Å². The van der Waals surface area contributed by atoms with Crippen LogP contribution in [0, 0.1) is 0 Å². The zero-order valence-corrected chi connectivity index (χ0v) is 12.6. The van der Waals surface area contributed by atoms with Crippen LogP contribution in [-0.4, -0.2) is 30.6 Å². The second-order valence-electron chi connectivity index (χ2n) is 4.63. The van der Waals surface area contributed by atoms with Crippen molar-refractivity contribution in [1.29, 1.82) is 0 Å². The van der Waals surface area contributed by atoms with Gasteiger partial charge in [-0.05, 0) is 17.7 Å². The highest BCUT2D eigenvalue weighted by atomic mass is 35.5. The zero-order chi connectivity index (χ0) is 16.3. The van der Waals surface area contributed by atoms with Crippen molar-refractivity contribution in [3.8, 4) is 0 Å². The van der Waals surface area contributed by atoms with Crippen LogP contribution >= 0.6 is 11.6 Å². The van der Waals surface area contributed by atoms with Crippen LogP contribution in [0.4, 0.5) is 0 Å². The maximum atomic E-state index is 11.9. The quantitative estimate of drug-likeness (QED) is 0.776. The van der Waals surface area contributed by atoms with Crippen LogP contribution in [-0.2, 0) is 0 Å². The Morgan fingerprint density at radius 3 is 2.73 bits per heavy atom. The lowest BCUT2D eigenvalue weighted by Crippen LogP contribution is -2.22. The Morgan fingerprint density at radius 1 is 1.45 bits per heavy atom. The number of furan rings is 1. The average Bonchev–Trinajstić information content (AvgIpc) is 2.92. The largest absolute Gasteiger partial charge is 0.458 e. The molecule has 1 heterocycles. The molecule has 1 aromatic carbocycles. The molecule has 0 saturated carbocycles. The fourth-order valence-electron chi connectivity index (χ4n) is 2.28. The number of halogens is 1. The molecule has 0 spiro atoms. The third-order valence-electron chi connectivity index (χ3n) is 3.31. The summed E-state index contributed by atoms with van der Waals surface area (Å²) in [5.74, 6) is -1.97. The number of aliphatic hydroxyl groups excluding tert-OH is 1. The van der Waals surface area contributed by atoms with E-state index in [-0.39, 0.29) is 23.5 Å². The van der Waals surface area contributed by atoms with Crippen molar-refractivity contribution in [2.75, 3.05) is 13.7 Å². The summed E-state index contributed by atoms with van der Waals surface area (Å²) in [4.78, 5) is 23.5. The zero-order valence-electron chi connectivity index (χ0n) is 11.8. The first-order valence-electron chi connectivity index (χ1n) is 6.49. The van der Waals surface area contributed by atoms with Gasteiger partial charge in [0.05, 0.1) is 12.2 Å². The topological polar surface area (TPSA) is 106 Å². The first kappa shape index (κ1) is 16.1. The molecule has 2 aromatic rings. The first-order valence-corrected chi connectivity index (χ1v) is 6.87. The monoisotopic (exact) mass is 322 g/mol. The molecule has 116 valence electrons. The number of primary amides is 1. The lowest BCUT2D eigenvalue weighted by Gasteiger charge is -2.16. The molecule has 0 aliphatic rings. The molecule has 1 atom stereocenters. The van der Waals surface area contributed by atoms with Crippen molar-refractivity contribution in [2.24, 2.45) is 5.73 Å². The van der Waals surface area contributed by atoms with Gasteiger partial charge in [-0.25, -0.2) is 0 Å². The third-order valence-corrected chi connectivity index (χ3v) is 3.55. The fraction of sp³-hybridized carbons (Fsp3) is 0.200. The van der Waals surface area contributed by atoms with Gasteiger partial charge in [0.25, 0.3) is 11.8 Å². The summed E-state index contributed by atoms with van der Waals surface area (Å²) in [7, 11) is 1.44. The number of carbonyl (C=O) groups excluding carboxylic acids is 2. The molecule has 1 unspecified atom stereocenters. The van der Waals surface area contributed by atoms with Gasteiger partial charge in [0.2, 0.25) is 0 Å². The molecule has 2 rings (SSSR count). The number of nitrogens with one attached hydrogen (secondary N) is 1. The predicted molar refractivity (Wildman–Crippen MR) is 81.0 cm³/mol. The van der Waals surface area contributed by atoms with Crippen molar-refractivity contribution >= 4 is 23.4 Å². The summed E-state index contributed by atoms with van der Waals surface area (Å²) in [6, 6.07) is 6.78. The number of hydrogen-bond acceptors (Lipinski definition) is 4. The van der Waals surface area contributed by atoms with E-state index >= 15 is 0 Å². The number of aliphatic hydroxyl groups is 1. The van der Waals surface area contributed by atoms with Gasteiger partial charge >= 0.3 is 0 Å². The molecule has 0 bridgehead atoms.